The number of ether oxygens (including phenoxy) is 1. The van der Waals surface area contributed by atoms with Gasteiger partial charge in [0, 0.05) is 18.7 Å². The van der Waals surface area contributed by atoms with Gasteiger partial charge in [0.05, 0.1) is 13.7 Å². The molecule has 0 aliphatic heterocycles. The molecule has 136 valence electrons. The van der Waals surface area contributed by atoms with E-state index in [1.807, 2.05) is 19.1 Å². The summed E-state index contributed by atoms with van der Waals surface area (Å²) in [7, 11) is 1.60. The fraction of sp³-hybridized carbons (Fsp3) is 0.316. The van der Waals surface area contributed by atoms with E-state index in [0.717, 1.165) is 12.1 Å². The lowest BCUT2D eigenvalue weighted by Crippen LogP contribution is -2.36. The van der Waals surface area contributed by atoms with Gasteiger partial charge in [-0.05, 0) is 43.2 Å². The summed E-state index contributed by atoms with van der Waals surface area (Å²) in [5.74, 6) is 1.63. The minimum absolute atomic E-state index is 0. The third-order valence-electron chi connectivity index (χ3n) is 3.75. The average molecular weight is 455 g/mol. The summed E-state index contributed by atoms with van der Waals surface area (Å²) in [4.78, 5) is 4.54. The van der Waals surface area contributed by atoms with E-state index in [1.54, 1.807) is 25.3 Å². The number of phenols is 1. The second-order valence-corrected chi connectivity index (χ2v) is 5.47. The predicted molar refractivity (Wildman–Crippen MR) is 113 cm³/mol. The van der Waals surface area contributed by atoms with Crippen molar-refractivity contribution in [1.29, 1.82) is 0 Å². The lowest BCUT2D eigenvalue weighted by molar-refractivity contribution is 0.411. The molecule has 0 saturated carbocycles. The van der Waals surface area contributed by atoms with Crippen molar-refractivity contribution in [3.63, 3.8) is 0 Å². The van der Waals surface area contributed by atoms with E-state index >= 15 is 0 Å². The fourth-order valence-electron chi connectivity index (χ4n) is 2.31. The van der Waals surface area contributed by atoms with E-state index in [-0.39, 0.29) is 29.7 Å². The normalized spacial score (nSPS) is 10.8. The van der Waals surface area contributed by atoms with Crippen LogP contribution in [0.1, 0.15) is 23.6 Å². The van der Waals surface area contributed by atoms with Crippen LogP contribution in [-0.4, -0.2) is 24.7 Å². The summed E-state index contributed by atoms with van der Waals surface area (Å²) in [6.07, 6.45) is 0. The molecule has 0 fully saturated rings. The summed E-state index contributed by atoms with van der Waals surface area (Å²) in [5.41, 5.74) is 3.20. The van der Waals surface area contributed by atoms with Crippen LogP contribution < -0.4 is 15.4 Å². The Bertz CT molecular complexity index is 705. The highest BCUT2D eigenvalue weighted by molar-refractivity contribution is 14.0. The first-order chi connectivity index (χ1) is 11.6. The van der Waals surface area contributed by atoms with Crippen LogP contribution in [0.3, 0.4) is 0 Å². The van der Waals surface area contributed by atoms with Crippen molar-refractivity contribution in [2.75, 3.05) is 13.7 Å². The Labute approximate surface area is 166 Å². The van der Waals surface area contributed by atoms with Gasteiger partial charge in [0.25, 0.3) is 0 Å². The summed E-state index contributed by atoms with van der Waals surface area (Å²) in [5, 5.41) is 16.5. The molecule has 0 heterocycles. The molecule has 3 N–H and O–H groups in total. The number of aliphatic imine (C=N–C) groups is 1. The van der Waals surface area contributed by atoms with Gasteiger partial charge in [-0.3, -0.25) is 0 Å². The molecule has 0 bridgehead atoms. The number of hydrogen-bond donors (Lipinski definition) is 3. The zero-order valence-corrected chi connectivity index (χ0v) is 17.2. The molecule has 0 radical (unpaired) electrons. The van der Waals surface area contributed by atoms with Crippen LogP contribution >= 0.6 is 24.0 Å². The van der Waals surface area contributed by atoms with Gasteiger partial charge in [0.15, 0.2) is 5.96 Å². The molecule has 6 heteroatoms. The molecule has 25 heavy (non-hydrogen) atoms. The van der Waals surface area contributed by atoms with Crippen molar-refractivity contribution in [2.45, 2.75) is 26.9 Å². The van der Waals surface area contributed by atoms with Crippen molar-refractivity contribution < 1.29 is 9.84 Å². The SMILES string of the molecule is CCNC(=NCc1cc(OC)ccc1O)NCc1ccccc1C.I. The van der Waals surface area contributed by atoms with Gasteiger partial charge in [-0.25, -0.2) is 4.99 Å². The first kappa shape index (κ1) is 21.1. The molecule has 2 aromatic carbocycles. The summed E-state index contributed by atoms with van der Waals surface area (Å²) >= 11 is 0. The van der Waals surface area contributed by atoms with E-state index in [4.69, 9.17) is 4.74 Å². The van der Waals surface area contributed by atoms with Crippen LogP contribution in [0.2, 0.25) is 0 Å². The molecule has 0 atom stereocenters. The number of aromatic hydroxyl groups is 1. The number of nitrogens with one attached hydrogen (secondary N) is 2. The van der Waals surface area contributed by atoms with Crippen LogP contribution in [-0.2, 0) is 13.1 Å². The van der Waals surface area contributed by atoms with E-state index < -0.39 is 0 Å². The summed E-state index contributed by atoms with van der Waals surface area (Å²) in [6.45, 7) is 5.95. The van der Waals surface area contributed by atoms with Crippen molar-refractivity contribution in [3.05, 3.63) is 59.2 Å². The van der Waals surface area contributed by atoms with E-state index in [0.29, 0.717) is 24.8 Å². The van der Waals surface area contributed by atoms with Gasteiger partial charge < -0.3 is 20.5 Å². The van der Waals surface area contributed by atoms with Crippen LogP contribution in [0.15, 0.2) is 47.5 Å². The van der Waals surface area contributed by atoms with Crippen molar-refractivity contribution in [2.24, 2.45) is 4.99 Å². The fourth-order valence-corrected chi connectivity index (χ4v) is 2.31. The molecule has 0 spiro atoms. The first-order valence-corrected chi connectivity index (χ1v) is 8.06. The molecule has 2 aromatic rings. The van der Waals surface area contributed by atoms with Gasteiger partial charge in [-0.1, -0.05) is 24.3 Å². The van der Waals surface area contributed by atoms with Gasteiger partial charge in [0.1, 0.15) is 11.5 Å². The molecule has 0 aliphatic rings. The van der Waals surface area contributed by atoms with Crippen molar-refractivity contribution >= 4 is 29.9 Å². The van der Waals surface area contributed by atoms with Crippen LogP contribution in [0, 0.1) is 6.92 Å². The Morgan fingerprint density at radius 3 is 2.56 bits per heavy atom. The van der Waals surface area contributed by atoms with Crippen LogP contribution in [0.25, 0.3) is 0 Å². The quantitative estimate of drug-likeness (QED) is 0.354. The molecule has 2 rings (SSSR count). The monoisotopic (exact) mass is 455 g/mol. The Hall–Kier alpha value is -1.96. The number of benzene rings is 2. The topological polar surface area (TPSA) is 65.9 Å². The minimum atomic E-state index is 0. The van der Waals surface area contributed by atoms with Gasteiger partial charge in [-0.2, -0.15) is 0 Å². The number of nitrogens with zero attached hydrogens (tertiary/aromatic N) is 1. The van der Waals surface area contributed by atoms with Crippen LogP contribution in [0.4, 0.5) is 0 Å². The minimum Gasteiger partial charge on any atom is -0.508 e. The van der Waals surface area contributed by atoms with E-state index in [2.05, 4.69) is 34.7 Å². The summed E-state index contributed by atoms with van der Waals surface area (Å²) < 4.78 is 5.19. The van der Waals surface area contributed by atoms with Gasteiger partial charge in [0.2, 0.25) is 0 Å². The van der Waals surface area contributed by atoms with Gasteiger partial charge >= 0.3 is 0 Å². The average Bonchev–Trinajstić information content (AvgIpc) is 2.60. The Kier molecular flexibility index (Phi) is 9.12. The second kappa shape index (κ2) is 10.8. The Morgan fingerprint density at radius 2 is 1.88 bits per heavy atom. The third-order valence-corrected chi connectivity index (χ3v) is 3.75. The number of halogens is 1. The van der Waals surface area contributed by atoms with E-state index in [1.165, 1.54) is 11.1 Å². The lowest BCUT2D eigenvalue weighted by atomic mass is 10.1. The zero-order chi connectivity index (χ0) is 17.4. The largest absolute Gasteiger partial charge is 0.508 e. The Morgan fingerprint density at radius 1 is 1.12 bits per heavy atom. The van der Waals surface area contributed by atoms with Crippen molar-refractivity contribution in [3.8, 4) is 11.5 Å². The molecule has 0 aromatic heterocycles. The third kappa shape index (κ3) is 6.45. The smallest absolute Gasteiger partial charge is 0.191 e. The number of methoxy groups -OCH3 is 1. The predicted octanol–water partition coefficient (Wildman–Crippen LogP) is 3.58. The molecular formula is C19H26IN3O2. The maximum Gasteiger partial charge on any atom is 0.191 e. The lowest BCUT2D eigenvalue weighted by Gasteiger charge is -2.13. The number of hydrogen-bond acceptors (Lipinski definition) is 3. The molecule has 0 unspecified atom stereocenters. The Balaban J connectivity index is 0.00000312. The molecule has 5 nitrogen and oxygen atoms in total. The maximum atomic E-state index is 9.95. The highest BCUT2D eigenvalue weighted by atomic mass is 127. The van der Waals surface area contributed by atoms with Crippen LogP contribution in [0.5, 0.6) is 11.5 Å². The first-order valence-electron chi connectivity index (χ1n) is 8.06. The molecule has 0 aliphatic carbocycles. The van der Waals surface area contributed by atoms with Crippen molar-refractivity contribution in [1.82, 2.24) is 10.6 Å². The molecule has 0 amide bonds. The molecule has 0 saturated heterocycles. The number of aryl methyl sites for hydroxylation is 1. The summed E-state index contributed by atoms with van der Waals surface area (Å²) in [6, 6.07) is 13.4. The number of guanidine groups is 1. The maximum absolute atomic E-state index is 9.95. The number of phenolic OH excluding ortho intramolecular Hbond substituents is 1. The van der Waals surface area contributed by atoms with E-state index in [9.17, 15) is 5.11 Å². The standard InChI is InChI=1S/C19H25N3O2.HI/c1-4-20-19(21-12-15-8-6-5-7-14(15)2)22-13-16-11-17(24-3)9-10-18(16)23;/h5-11,23H,4,12-13H2,1-3H3,(H2,20,21,22);1H. The molecular weight excluding hydrogens is 429 g/mol. The highest BCUT2D eigenvalue weighted by Gasteiger charge is 2.05. The van der Waals surface area contributed by atoms with Gasteiger partial charge in [-0.15, -0.1) is 24.0 Å². The second-order valence-electron chi connectivity index (χ2n) is 5.47. The zero-order valence-electron chi connectivity index (χ0n) is 14.9. The highest BCUT2D eigenvalue weighted by Crippen LogP contribution is 2.23. The number of rotatable bonds is 6.